The largest absolute Gasteiger partial charge is 0.376 e. The quantitative estimate of drug-likeness (QED) is 0.810. The van der Waals surface area contributed by atoms with E-state index in [2.05, 4.69) is 20.1 Å². The second kappa shape index (κ2) is 7.46. The predicted molar refractivity (Wildman–Crippen MR) is 84.9 cm³/mol. The zero-order valence-electron chi connectivity index (χ0n) is 13.1. The molecule has 0 spiro atoms. The van der Waals surface area contributed by atoms with E-state index in [9.17, 15) is 4.79 Å². The van der Waals surface area contributed by atoms with Crippen molar-refractivity contribution in [1.29, 1.82) is 0 Å². The Hall–Kier alpha value is -1.08. The van der Waals surface area contributed by atoms with Crippen LogP contribution in [0.1, 0.15) is 44.3 Å². The average Bonchev–Trinajstić information content (AvgIpc) is 3.23. The molecule has 2 fully saturated rings. The summed E-state index contributed by atoms with van der Waals surface area (Å²) in [5.41, 5.74) is 0. The normalized spacial score (nSPS) is 22.3. The van der Waals surface area contributed by atoms with Gasteiger partial charge in [0, 0.05) is 12.6 Å². The summed E-state index contributed by atoms with van der Waals surface area (Å²) in [6.07, 6.45) is 7.15. The molecule has 7 heteroatoms. The zero-order chi connectivity index (χ0) is 15.4. The standard InChI is InChI=1S/C15H24N4O2S/c1-11-17-18-15(19(11)9-13-7-4-8-21-13)22-10-14(20)16-12-5-2-3-6-12/h12-13H,2-10H2,1H3,(H,16,20)/t13-/m1/s1. The molecule has 0 bridgehead atoms. The molecule has 2 aliphatic rings. The third-order valence-electron chi connectivity index (χ3n) is 4.36. The SMILES string of the molecule is Cc1nnc(SCC(=O)NC2CCCC2)n1C[C@H]1CCCO1. The van der Waals surface area contributed by atoms with Crippen LogP contribution in [0.2, 0.25) is 0 Å². The van der Waals surface area contributed by atoms with Crippen molar-refractivity contribution in [3.05, 3.63) is 5.82 Å². The topological polar surface area (TPSA) is 69.0 Å². The molecule has 0 unspecified atom stereocenters. The molecule has 1 saturated heterocycles. The van der Waals surface area contributed by atoms with Gasteiger partial charge in [0.2, 0.25) is 5.91 Å². The number of carbonyl (C=O) groups is 1. The first-order valence-corrected chi connectivity index (χ1v) is 9.14. The Bertz CT molecular complexity index is 508. The number of amides is 1. The third-order valence-corrected chi connectivity index (χ3v) is 5.33. The molecule has 1 N–H and O–H groups in total. The van der Waals surface area contributed by atoms with Crippen LogP contribution in [-0.2, 0) is 16.1 Å². The fourth-order valence-corrected chi connectivity index (χ4v) is 3.94. The highest BCUT2D eigenvalue weighted by Gasteiger charge is 2.21. The van der Waals surface area contributed by atoms with E-state index in [1.54, 1.807) is 0 Å². The number of aromatic nitrogens is 3. The van der Waals surface area contributed by atoms with Crippen LogP contribution in [0, 0.1) is 6.92 Å². The molecule has 22 heavy (non-hydrogen) atoms. The van der Waals surface area contributed by atoms with Gasteiger partial charge in [0.05, 0.1) is 18.4 Å². The van der Waals surface area contributed by atoms with E-state index in [4.69, 9.17) is 4.74 Å². The smallest absolute Gasteiger partial charge is 0.230 e. The molecule has 3 rings (SSSR count). The van der Waals surface area contributed by atoms with Crippen molar-refractivity contribution in [1.82, 2.24) is 20.1 Å². The summed E-state index contributed by atoms with van der Waals surface area (Å²) in [7, 11) is 0. The Morgan fingerprint density at radius 1 is 1.32 bits per heavy atom. The molecule has 1 aromatic heterocycles. The lowest BCUT2D eigenvalue weighted by Gasteiger charge is -2.14. The zero-order valence-corrected chi connectivity index (χ0v) is 13.9. The van der Waals surface area contributed by atoms with Gasteiger partial charge in [-0.2, -0.15) is 0 Å². The van der Waals surface area contributed by atoms with Gasteiger partial charge >= 0.3 is 0 Å². The van der Waals surface area contributed by atoms with E-state index in [0.717, 1.165) is 49.8 Å². The van der Waals surface area contributed by atoms with E-state index < -0.39 is 0 Å². The number of thioether (sulfide) groups is 1. The van der Waals surface area contributed by atoms with Gasteiger partial charge in [-0.3, -0.25) is 4.79 Å². The molecular weight excluding hydrogens is 300 g/mol. The van der Waals surface area contributed by atoms with Crippen molar-refractivity contribution < 1.29 is 9.53 Å². The summed E-state index contributed by atoms with van der Waals surface area (Å²) in [4.78, 5) is 12.0. The number of hydrogen-bond donors (Lipinski definition) is 1. The van der Waals surface area contributed by atoms with Crippen molar-refractivity contribution in [2.75, 3.05) is 12.4 Å². The molecule has 6 nitrogen and oxygen atoms in total. The van der Waals surface area contributed by atoms with Crippen LogP contribution >= 0.6 is 11.8 Å². The van der Waals surface area contributed by atoms with E-state index in [1.807, 2.05) is 6.92 Å². The first-order valence-electron chi connectivity index (χ1n) is 8.16. The van der Waals surface area contributed by atoms with E-state index >= 15 is 0 Å². The van der Waals surface area contributed by atoms with Gasteiger partial charge in [-0.05, 0) is 32.6 Å². The van der Waals surface area contributed by atoms with Gasteiger partial charge < -0.3 is 14.6 Å². The summed E-state index contributed by atoms with van der Waals surface area (Å²) >= 11 is 1.46. The Labute approximate surface area is 135 Å². The Morgan fingerprint density at radius 3 is 2.86 bits per heavy atom. The van der Waals surface area contributed by atoms with Crippen molar-refractivity contribution in [3.8, 4) is 0 Å². The molecule has 1 amide bonds. The first kappa shape index (κ1) is 15.8. The van der Waals surface area contributed by atoms with Gasteiger partial charge in [0.15, 0.2) is 5.16 Å². The lowest BCUT2D eigenvalue weighted by atomic mass is 10.2. The molecule has 1 aliphatic carbocycles. The molecule has 0 radical (unpaired) electrons. The highest BCUT2D eigenvalue weighted by atomic mass is 32.2. The van der Waals surface area contributed by atoms with Crippen LogP contribution < -0.4 is 5.32 Å². The minimum atomic E-state index is 0.0984. The van der Waals surface area contributed by atoms with E-state index in [0.29, 0.717) is 11.8 Å². The van der Waals surface area contributed by atoms with Crippen molar-refractivity contribution in [2.45, 2.75) is 69.3 Å². The minimum Gasteiger partial charge on any atom is -0.376 e. The summed E-state index contributed by atoms with van der Waals surface area (Å²) in [5, 5.41) is 12.3. The van der Waals surface area contributed by atoms with Crippen molar-refractivity contribution in [2.24, 2.45) is 0 Å². The van der Waals surface area contributed by atoms with Crippen LogP contribution in [0.4, 0.5) is 0 Å². The predicted octanol–water partition coefficient (Wildman–Crippen LogP) is 1.92. The fourth-order valence-electron chi connectivity index (χ4n) is 3.14. The van der Waals surface area contributed by atoms with Crippen molar-refractivity contribution in [3.63, 3.8) is 0 Å². The molecule has 2 heterocycles. The Kier molecular flexibility index (Phi) is 5.36. The molecule has 122 valence electrons. The molecule has 1 atom stereocenters. The number of nitrogens with zero attached hydrogens (tertiary/aromatic N) is 3. The summed E-state index contributed by atoms with van der Waals surface area (Å²) in [5.74, 6) is 1.38. The number of ether oxygens (including phenoxy) is 1. The maximum atomic E-state index is 12.0. The van der Waals surface area contributed by atoms with Crippen LogP contribution in [0.5, 0.6) is 0 Å². The van der Waals surface area contributed by atoms with E-state index in [-0.39, 0.29) is 12.0 Å². The highest BCUT2D eigenvalue weighted by Crippen LogP contribution is 2.22. The second-order valence-corrected chi connectivity index (χ2v) is 7.06. The van der Waals surface area contributed by atoms with Gasteiger partial charge in [-0.25, -0.2) is 0 Å². The second-order valence-electron chi connectivity index (χ2n) is 6.11. The number of hydrogen-bond acceptors (Lipinski definition) is 5. The van der Waals surface area contributed by atoms with Crippen LogP contribution in [0.15, 0.2) is 5.16 Å². The monoisotopic (exact) mass is 324 g/mol. The van der Waals surface area contributed by atoms with Crippen LogP contribution in [-0.4, -0.2) is 45.2 Å². The number of nitrogens with one attached hydrogen (secondary N) is 1. The lowest BCUT2D eigenvalue weighted by molar-refractivity contribution is -0.119. The fraction of sp³-hybridized carbons (Fsp3) is 0.800. The van der Waals surface area contributed by atoms with Gasteiger partial charge in [0.25, 0.3) is 0 Å². The van der Waals surface area contributed by atoms with Gasteiger partial charge in [-0.1, -0.05) is 24.6 Å². The Balaban J connectivity index is 1.52. The minimum absolute atomic E-state index is 0.0984. The summed E-state index contributed by atoms with van der Waals surface area (Å²) < 4.78 is 7.76. The first-order chi connectivity index (χ1) is 10.7. The van der Waals surface area contributed by atoms with E-state index in [1.165, 1.54) is 24.6 Å². The molecule has 1 saturated carbocycles. The van der Waals surface area contributed by atoms with Crippen molar-refractivity contribution >= 4 is 17.7 Å². The van der Waals surface area contributed by atoms with Gasteiger partial charge in [-0.15, -0.1) is 10.2 Å². The summed E-state index contributed by atoms with van der Waals surface area (Å²) in [6.45, 7) is 3.58. The number of carbonyl (C=O) groups excluding carboxylic acids is 1. The number of rotatable bonds is 6. The highest BCUT2D eigenvalue weighted by molar-refractivity contribution is 7.99. The molecular formula is C15H24N4O2S. The van der Waals surface area contributed by atoms with Crippen LogP contribution in [0.25, 0.3) is 0 Å². The maximum absolute atomic E-state index is 12.0. The lowest BCUT2D eigenvalue weighted by Crippen LogP contribution is -2.33. The van der Waals surface area contributed by atoms with Crippen LogP contribution in [0.3, 0.4) is 0 Å². The molecule has 1 aromatic rings. The van der Waals surface area contributed by atoms with Gasteiger partial charge in [0.1, 0.15) is 5.82 Å². The average molecular weight is 324 g/mol. The Morgan fingerprint density at radius 2 is 2.14 bits per heavy atom. The third kappa shape index (κ3) is 4.01. The molecule has 1 aliphatic heterocycles. The maximum Gasteiger partial charge on any atom is 0.230 e. The summed E-state index contributed by atoms with van der Waals surface area (Å²) in [6, 6.07) is 0.375. The number of aryl methyl sites for hydroxylation is 1. The molecule has 0 aromatic carbocycles.